The molecule has 0 saturated carbocycles. The molecule has 0 atom stereocenters. The van der Waals surface area contributed by atoms with E-state index in [1.807, 2.05) is 30.6 Å². The summed E-state index contributed by atoms with van der Waals surface area (Å²) in [7, 11) is 0. The van der Waals surface area contributed by atoms with Crippen molar-refractivity contribution in [2.75, 3.05) is 0 Å². The second kappa shape index (κ2) is 8.88. The maximum atomic E-state index is 11.5. The Hall–Kier alpha value is -3.92. The minimum absolute atomic E-state index is 0.0629. The van der Waals surface area contributed by atoms with E-state index >= 15 is 0 Å². The first kappa shape index (κ1) is 24.8. The zero-order valence-electron chi connectivity index (χ0n) is 22.8. The van der Waals surface area contributed by atoms with Crippen molar-refractivity contribution in [1.82, 2.24) is 14.4 Å². The minimum Gasteiger partial charge on any atom is -0.507 e. The highest BCUT2D eigenvalue weighted by molar-refractivity contribution is 5.84. The number of nitrogens with zero attached hydrogens (tertiary/aromatic N) is 3. The molecule has 0 amide bonds. The van der Waals surface area contributed by atoms with E-state index in [9.17, 15) is 5.11 Å². The summed E-state index contributed by atoms with van der Waals surface area (Å²) in [5.41, 5.74) is 9.44. The highest BCUT2D eigenvalue weighted by Crippen LogP contribution is 2.43. The molecule has 3 heterocycles. The number of hydrogen-bond acceptors (Lipinski definition) is 3. The largest absolute Gasteiger partial charge is 0.507 e. The number of imidazole rings is 1. The van der Waals surface area contributed by atoms with Gasteiger partial charge in [0.1, 0.15) is 11.4 Å². The summed E-state index contributed by atoms with van der Waals surface area (Å²) in [4.78, 5) is 9.68. The molecule has 188 valence electrons. The van der Waals surface area contributed by atoms with Crippen molar-refractivity contribution in [1.29, 1.82) is 0 Å². The zero-order valence-corrected chi connectivity index (χ0v) is 22.8. The predicted octanol–water partition coefficient (Wildman–Crippen LogP) is 8.34. The molecule has 0 unspecified atom stereocenters. The molecule has 0 saturated heterocycles. The molecular formula is C33H35N3O. The summed E-state index contributed by atoms with van der Waals surface area (Å²) in [5, 5.41) is 11.5. The second-order valence-corrected chi connectivity index (χ2v) is 11.9. The van der Waals surface area contributed by atoms with Crippen LogP contribution in [0.3, 0.4) is 0 Å². The molecule has 0 aliphatic heterocycles. The number of benzene rings is 2. The van der Waals surface area contributed by atoms with Crippen molar-refractivity contribution >= 4 is 5.65 Å². The Morgan fingerprint density at radius 1 is 0.757 bits per heavy atom. The molecule has 37 heavy (non-hydrogen) atoms. The molecule has 4 heteroatoms. The van der Waals surface area contributed by atoms with E-state index in [1.54, 1.807) is 0 Å². The number of hydrogen-bond donors (Lipinski definition) is 1. The van der Waals surface area contributed by atoms with Gasteiger partial charge in [0.05, 0.1) is 11.4 Å². The third-order valence-electron chi connectivity index (χ3n) is 7.06. The molecule has 5 rings (SSSR count). The van der Waals surface area contributed by atoms with E-state index in [2.05, 4.69) is 106 Å². The first-order chi connectivity index (χ1) is 17.4. The van der Waals surface area contributed by atoms with E-state index in [-0.39, 0.29) is 10.8 Å². The molecule has 0 radical (unpaired) electrons. The summed E-state index contributed by atoms with van der Waals surface area (Å²) in [6.07, 6.45) is 3.86. The maximum Gasteiger partial charge on any atom is 0.145 e. The van der Waals surface area contributed by atoms with Crippen molar-refractivity contribution in [3.8, 4) is 39.4 Å². The monoisotopic (exact) mass is 489 g/mol. The van der Waals surface area contributed by atoms with Crippen LogP contribution in [0, 0.1) is 6.92 Å². The number of aromatic nitrogens is 3. The van der Waals surface area contributed by atoms with E-state index in [0.29, 0.717) is 5.75 Å². The SMILES string of the molecule is Cc1c(-c2cc(C(C)(C)C)cc(C(C)(C)C)c2O)nc2c(-c3cccc(-c4ccccn4)c3)cccn12. The van der Waals surface area contributed by atoms with Gasteiger partial charge in [-0.15, -0.1) is 0 Å². The third kappa shape index (κ3) is 4.53. The number of phenolic OH excluding ortho intramolecular Hbond substituents is 1. The first-order valence-corrected chi connectivity index (χ1v) is 12.8. The molecule has 1 N–H and O–H groups in total. The topological polar surface area (TPSA) is 50.4 Å². The van der Waals surface area contributed by atoms with Crippen LogP contribution in [0.5, 0.6) is 5.75 Å². The quantitative estimate of drug-likeness (QED) is 0.277. The van der Waals surface area contributed by atoms with Gasteiger partial charge in [0.2, 0.25) is 0 Å². The molecule has 0 spiro atoms. The Bertz CT molecular complexity index is 1600. The Kier molecular flexibility index (Phi) is 5.94. The molecule has 0 bridgehead atoms. The van der Waals surface area contributed by atoms with Gasteiger partial charge >= 0.3 is 0 Å². The summed E-state index contributed by atoms with van der Waals surface area (Å²) in [6, 6.07) is 22.8. The highest BCUT2D eigenvalue weighted by Gasteiger charge is 2.27. The number of pyridine rings is 2. The minimum atomic E-state index is -0.204. The van der Waals surface area contributed by atoms with E-state index in [1.165, 1.54) is 5.56 Å². The fourth-order valence-corrected chi connectivity index (χ4v) is 4.87. The number of fused-ring (bicyclic) bond motifs is 1. The Morgan fingerprint density at radius 3 is 2.19 bits per heavy atom. The Morgan fingerprint density at radius 2 is 1.51 bits per heavy atom. The normalized spacial score (nSPS) is 12.3. The molecule has 5 aromatic rings. The average molecular weight is 490 g/mol. The molecule has 2 aromatic carbocycles. The van der Waals surface area contributed by atoms with Crippen molar-refractivity contribution in [3.05, 3.63) is 95.9 Å². The number of aryl methyl sites for hydroxylation is 1. The van der Waals surface area contributed by atoms with Crippen molar-refractivity contribution < 1.29 is 5.11 Å². The average Bonchev–Trinajstić information content (AvgIpc) is 3.19. The van der Waals surface area contributed by atoms with Crippen LogP contribution in [0.4, 0.5) is 0 Å². The number of rotatable bonds is 3. The zero-order chi connectivity index (χ0) is 26.5. The van der Waals surface area contributed by atoms with Gasteiger partial charge in [0.15, 0.2) is 0 Å². The van der Waals surface area contributed by atoms with Crippen LogP contribution in [0.1, 0.15) is 58.4 Å². The summed E-state index contributed by atoms with van der Waals surface area (Å²) in [6.45, 7) is 15.1. The van der Waals surface area contributed by atoms with Crippen LogP contribution < -0.4 is 0 Å². The van der Waals surface area contributed by atoms with Crippen LogP contribution in [-0.4, -0.2) is 19.5 Å². The van der Waals surface area contributed by atoms with E-state index in [0.717, 1.165) is 50.5 Å². The summed E-state index contributed by atoms with van der Waals surface area (Å²) < 4.78 is 2.12. The molecule has 3 aromatic heterocycles. The molecular weight excluding hydrogens is 454 g/mol. The lowest BCUT2D eigenvalue weighted by molar-refractivity contribution is 0.446. The Labute approximate surface area is 219 Å². The standard InChI is InChI=1S/C33H35N3O/c1-21-29(26-19-24(32(2,3)4)20-27(30(26)37)33(5,6)7)35-31-25(14-11-17-36(21)31)22-12-10-13-23(18-22)28-15-8-9-16-34-28/h8-20,37H,1-7H3. The van der Waals surface area contributed by atoms with Gasteiger partial charge in [0.25, 0.3) is 0 Å². The lowest BCUT2D eigenvalue weighted by atomic mass is 9.78. The van der Waals surface area contributed by atoms with Crippen molar-refractivity contribution in [3.63, 3.8) is 0 Å². The van der Waals surface area contributed by atoms with Gasteiger partial charge in [-0.1, -0.05) is 71.9 Å². The Balaban J connectivity index is 1.73. The van der Waals surface area contributed by atoms with Crippen LogP contribution in [-0.2, 0) is 10.8 Å². The van der Waals surface area contributed by atoms with Gasteiger partial charge in [-0.25, -0.2) is 4.98 Å². The van der Waals surface area contributed by atoms with Gasteiger partial charge < -0.3 is 9.51 Å². The molecule has 0 aliphatic carbocycles. The number of phenols is 1. The van der Waals surface area contributed by atoms with Crippen molar-refractivity contribution in [2.45, 2.75) is 59.3 Å². The molecule has 4 nitrogen and oxygen atoms in total. The fourth-order valence-electron chi connectivity index (χ4n) is 4.87. The predicted molar refractivity (Wildman–Crippen MR) is 153 cm³/mol. The summed E-state index contributed by atoms with van der Waals surface area (Å²) >= 11 is 0. The van der Waals surface area contributed by atoms with Gasteiger partial charge in [-0.3, -0.25) is 4.98 Å². The lowest BCUT2D eigenvalue weighted by Crippen LogP contribution is -2.17. The van der Waals surface area contributed by atoms with Crippen LogP contribution in [0.25, 0.3) is 39.3 Å². The first-order valence-electron chi connectivity index (χ1n) is 12.8. The van der Waals surface area contributed by atoms with Crippen molar-refractivity contribution in [2.24, 2.45) is 0 Å². The van der Waals surface area contributed by atoms with E-state index < -0.39 is 0 Å². The van der Waals surface area contributed by atoms with Gasteiger partial charge in [-0.05, 0) is 65.3 Å². The fraction of sp³-hybridized carbons (Fsp3) is 0.273. The van der Waals surface area contributed by atoms with Gasteiger partial charge in [-0.2, -0.15) is 0 Å². The third-order valence-corrected chi connectivity index (χ3v) is 7.06. The maximum absolute atomic E-state index is 11.5. The van der Waals surface area contributed by atoms with E-state index in [4.69, 9.17) is 4.98 Å². The van der Waals surface area contributed by atoms with Gasteiger partial charge in [0, 0.05) is 40.3 Å². The smallest absolute Gasteiger partial charge is 0.145 e. The van der Waals surface area contributed by atoms with Crippen LogP contribution in [0.2, 0.25) is 0 Å². The number of aromatic hydroxyl groups is 1. The lowest BCUT2D eigenvalue weighted by Gasteiger charge is -2.27. The van der Waals surface area contributed by atoms with Crippen LogP contribution >= 0.6 is 0 Å². The molecule has 0 fully saturated rings. The molecule has 0 aliphatic rings. The summed E-state index contributed by atoms with van der Waals surface area (Å²) in [5.74, 6) is 0.311. The van der Waals surface area contributed by atoms with Crippen LogP contribution in [0.15, 0.2) is 79.1 Å². The highest BCUT2D eigenvalue weighted by atomic mass is 16.3. The second-order valence-electron chi connectivity index (χ2n) is 11.9.